The molecule has 1 atom stereocenters. The van der Waals surface area contributed by atoms with Crippen molar-refractivity contribution in [2.24, 2.45) is 9.98 Å². The number of carbonyl (C=O) groups excluding carboxylic acids is 2. The highest BCUT2D eigenvalue weighted by molar-refractivity contribution is 7.88. The molecule has 2 rings (SSSR count). The number of anilines is 2. The first-order valence-corrected chi connectivity index (χ1v) is 13.3. The number of nitrogens with one attached hydrogen (secondary N) is 2. The summed E-state index contributed by atoms with van der Waals surface area (Å²) in [6, 6.07) is 15.4. The van der Waals surface area contributed by atoms with Crippen LogP contribution in [-0.4, -0.2) is 29.5 Å². The molecular formula is C30H44N4O3S. The lowest BCUT2D eigenvalue weighted by molar-refractivity contribution is -0.0987. The molecule has 2 aromatic carbocycles. The zero-order valence-corrected chi connectivity index (χ0v) is 24.6. The fraction of sp³-hybridized carbons (Fsp3) is 0.267. The van der Waals surface area contributed by atoms with Gasteiger partial charge in [-0.1, -0.05) is 59.1 Å². The summed E-state index contributed by atoms with van der Waals surface area (Å²) in [7, 11) is -1.20. The third-order valence-electron chi connectivity index (χ3n) is 4.17. The van der Waals surface area contributed by atoms with Gasteiger partial charge in [-0.05, 0) is 68.7 Å². The highest BCUT2D eigenvalue weighted by atomic mass is 32.2. The van der Waals surface area contributed by atoms with Crippen LogP contribution in [0.3, 0.4) is 0 Å². The van der Waals surface area contributed by atoms with Crippen LogP contribution in [0.4, 0.5) is 11.4 Å². The number of guanidine groups is 1. The van der Waals surface area contributed by atoms with Crippen molar-refractivity contribution in [3.63, 3.8) is 0 Å². The van der Waals surface area contributed by atoms with Crippen LogP contribution in [0.15, 0.2) is 100 Å². The summed E-state index contributed by atoms with van der Waals surface area (Å²) in [6.45, 7) is 26.9. The van der Waals surface area contributed by atoms with Crippen LogP contribution in [-0.2, 0) is 26.8 Å². The van der Waals surface area contributed by atoms with Crippen LogP contribution < -0.4 is 10.6 Å². The number of aryl methyl sites for hydroxylation is 1. The Morgan fingerprint density at radius 3 is 1.95 bits per heavy atom. The third kappa shape index (κ3) is 17.5. The molecule has 0 aromatic heterocycles. The summed E-state index contributed by atoms with van der Waals surface area (Å²) >= 11 is 0. The quantitative estimate of drug-likeness (QED) is 0.204. The van der Waals surface area contributed by atoms with Gasteiger partial charge in [0, 0.05) is 27.4 Å². The van der Waals surface area contributed by atoms with E-state index in [1.165, 1.54) is 11.0 Å². The second-order valence-electron chi connectivity index (χ2n) is 6.78. The molecule has 0 saturated carbocycles. The number of nitrogens with zero attached hydrogens (tertiary/aromatic N) is 2. The Kier molecular flexibility index (Phi) is 26.6. The Morgan fingerprint density at radius 2 is 1.47 bits per heavy atom. The van der Waals surface area contributed by atoms with Gasteiger partial charge in [-0.25, -0.2) is 9.20 Å². The second-order valence-corrected chi connectivity index (χ2v) is 8.18. The zero-order valence-electron chi connectivity index (χ0n) is 23.8. The van der Waals surface area contributed by atoms with E-state index in [1.54, 1.807) is 18.2 Å². The minimum atomic E-state index is -1.20. The van der Waals surface area contributed by atoms with E-state index in [1.807, 2.05) is 65.5 Å². The highest BCUT2D eigenvalue weighted by Gasteiger charge is 2.04. The van der Waals surface area contributed by atoms with Gasteiger partial charge < -0.3 is 20.2 Å². The predicted molar refractivity (Wildman–Crippen MR) is 168 cm³/mol. The first kappa shape index (κ1) is 38.6. The van der Waals surface area contributed by atoms with E-state index in [0.717, 1.165) is 29.9 Å². The van der Waals surface area contributed by atoms with Crippen LogP contribution >= 0.6 is 0 Å². The number of aliphatic imine (C=N–C) groups is 2. The largest absolute Gasteiger partial charge is 0.341 e. The maximum absolute atomic E-state index is 11.8. The summed E-state index contributed by atoms with van der Waals surface area (Å²) in [5.41, 5.74) is 3.93. The van der Waals surface area contributed by atoms with E-state index in [2.05, 4.69) is 66.3 Å². The summed E-state index contributed by atoms with van der Waals surface area (Å²) in [5, 5.41) is 7.83. The van der Waals surface area contributed by atoms with Gasteiger partial charge in [0.05, 0.1) is 10.8 Å². The topological polar surface area (TPSA) is 100.0 Å². The molecule has 0 fully saturated rings. The van der Waals surface area contributed by atoms with Crippen molar-refractivity contribution < 1.29 is 13.8 Å². The molecule has 2 N–H and O–H groups in total. The van der Waals surface area contributed by atoms with Crippen molar-refractivity contribution in [3.05, 3.63) is 91.1 Å². The molecule has 7 nitrogen and oxygen atoms in total. The molecule has 0 saturated heterocycles. The van der Waals surface area contributed by atoms with Crippen LogP contribution in [0.5, 0.6) is 0 Å². The van der Waals surface area contributed by atoms with E-state index in [4.69, 9.17) is 9.59 Å². The molecular weight excluding hydrogens is 496 g/mol. The fourth-order valence-electron chi connectivity index (χ4n) is 2.43. The number of allylic oxidation sites excluding steroid dienone is 1. The molecule has 0 bridgehead atoms. The van der Waals surface area contributed by atoms with Crippen molar-refractivity contribution in [1.82, 2.24) is 0 Å². The monoisotopic (exact) mass is 540 g/mol. The normalized spacial score (nSPS) is 10.6. The standard InChI is InChI=1S/C23H28N4OS.C3H6.C2H6.2CH2O/c1-6-17(4)24-23(27-21-11-9-10-19(7-2)16-21)26-18(5)25-20-12-14-22(15-13-20)29(28)8-3;1-3-2;3*1-2/h8-16,25H,3,5-7H2,1-2,4H3,(H,26,27);3H,1H2,2H3;1-2H3;2*1H2/b24-17+;;;;. The summed E-state index contributed by atoms with van der Waals surface area (Å²) in [6.07, 6.45) is 3.54. The summed E-state index contributed by atoms with van der Waals surface area (Å²) < 4.78 is 11.8. The van der Waals surface area contributed by atoms with E-state index >= 15 is 0 Å². The molecule has 0 radical (unpaired) electrons. The van der Waals surface area contributed by atoms with Crippen LogP contribution in [0.25, 0.3) is 0 Å². The van der Waals surface area contributed by atoms with E-state index < -0.39 is 10.8 Å². The van der Waals surface area contributed by atoms with E-state index in [0.29, 0.717) is 16.7 Å². The van der Waals surface area contributed by atoms with Crippen LogP contribution in [0, 0.1) is 0 Å². The number of benzene rings is 2. The summed E-state index contributed by atoms with van der Waals surface area (Å²) in [4.78, 5) is 25.8. The molecule has 1 unspecified atom stereocenters. The van der Waals surface area contributed by atoms with Gasteiger partial charge >= 0.3 is 0 Å². The third-order valence-corrected chi connectivity index (χ3v) is 5.21. The van der Waals surface area contributed by atoms with Gasteiger partial charge in [0.2, 0.25) is 5.96 Å². The number of hydrogen-bond donors (Lipinski definition) is 2. The molecule has 2 aromatic rings. The van der Waals surface area contributed by atoms with Crippen molar-refractivity contribution in [3.8, 4) is 0 Å². The van der Waals surface area contributed by atoms with Crippen molar-refractivity contribution in [2.45, 2.75) is 59.3 Å². The second kappa shape index (κ2) is 26.2. The first-order valence-electron chi connectivity index (χ1n) is 12.1. The minimum absolute atomic E-state index is 0.449. The molecule has 38 heavy (non-hydrogen) atoms. The summed E-state index contributed by atoms with van der Waals surface area (Å²) in [5.74, 6) is 0.920. The fourth-order valence-corrected chi connectivity index (χ4v) is 3.03. The first-order chi connectivity index (χ1) is 18.4. The van der Waals surface area contributed by atoms with Crippen molar-refractivity contribution in [1.29, 1.82) is 0 Å². The SMILES string of the molecule is C=CC.C=CS(=O)c1ccc(NC(=C)/N=C(\N=C(/C)CC)Nc2cccc(CC)c2)cc1.C=O.C=O.CC. The van der Waals surface area contributed by atoms with E-state index in [9.17, 15) is 4.21 Å². The highest BCUT2D eigenvalue weighted by Crippen LogP contribution is 2.16. The number of hydrogen-bond acceptors (Lipinski definition) is 5. The number of carbonyl (C=O) groups is 2. The molecule has 0 aliphatic carbocycles. The predicted octanol–water partition coefficient (Wildman–Crippen LogP) is 7.57. The molecule has 0 aliphatic heterocycles. The Hall–Kier alpha value is -3.91. The van der Waals surface area contributed by atoms with Crippen molar-refractivity contribution >= 4 is 47.4 Å². The van der Waals surface area contributed by atoms with E-state index in [-0.39, 0.29) is 0 Å². The number of rotatable bonds is 8. The van der Waals surface area contributed by atoms with Gasteiger partial charge in [-0.15, -0.1) is 6.58 Å². The minimum Gasteiger partial charge on any atom is -0.341 e. The molecule has 0 aliphatic rings. The smallest absolute Gasteiger partial charge is 0.229 e. The Morgan fingerprint density at radius 1 is 0.921 bits per heavy atom. The molecule has 0 amide bonds. The Labute approximate surface area is 232 Å². The van der Waals surface area contributed by atoms with Gasteiger partial charge in [0.25, 0.3) is 0 Å². The maximum atomic E-state index is 11.8. The lowest BCUT2D eigenvalue weighted by Gasteiger charge is -2.11. The molecule has 0 spiro atoms. The van der Waals surface area contributed by atoms with Crippen LogP contribution in [0.1, 0.15) is 53.5 Å². The Bertz CT molecular complexity index is 1030. The van der Waals surface area contributed by atoms with Gasteiger partial charge in [0.15, 0.2) is 0 Å². The average Bonchev–Trinajstić information content (AvgIpc) is 2.96. The maximum Gasteiger partial charge on any atom is 0.229 e. The Balaban J connectivity index is -0.00000122. The molecule has 8 heteroatoms. The lowest BCUT2D eigenvalue weighted by atomic mass is 10.1. The molecule has 0 heterocycles. The zero-order chi connectivity index (χ0) is 29.9. The van der Waals surface area contributed by atoms with Crippen LogP contribution in [0.2, 0.25) is 0 Å². The van der Waals surface area contributed by atoms with Gasteiger partial charge in [-0.3, -0.25) is 0 Å². The van der Waals surface area contributed by atoms with Gasteiger partial charge in [-0.2, -0.15) is 4.99 Å². The van der Waals surface area contributed by atoms with Gasteiger partial charge in [0.1, 0.15) is 19.4 Å². The molecule has 208 valence electrons. The lowest BCUT2D eigenvalue weighted by Crippen LogP contribution is -2.13. The average molecular weight is 541 g/mol. The van der Waals surface area contributed by atoms with Crippen molar-refractivity contribution in [2.75, 3.05) is 10.6 Å².